The zero-order valence-corrected chi connectivity index (χ0v) is 10.5. The molecule has 1 N–H and O–H groups in total. The number of benzene rings is 1. The lowest BCUT2D eigenvalue weighted by Crippen LogP contribution is -2.42. The number of rotatable bonds is 2. The van der Waals surface area contributed by atoms with Gasteiger partial charge in [0.05, 0.1) is 6.04 Å². The Balaban J connectivity index is 1.92. The number of aldehydes is 1. The van der Waals surface area contributed by atoms with Crippen LogP contribution in [0.1, 0.15) is 42.9 Å². The van der Waals surface area contributed by atoms with Crippen molar-refractivity contribution in [2.45, 2.75) is 44.2 Å². The van der Waals surface area contributed by atoms with Gasteiger partial charge in [-0.25, -0.2) is 0 Å². The van der Waals surface area contributed by atoms with E-state index in [0.29, 0.717) is 11.8 Å². The van der Waals surface area contributed by atoms with Gasteiger partial charge >= 0.3 is 0 Å². The predicted octanol–water partition coefficient (Wildman–Crippen LogP) is 2.43. The fraction of sp³-hybridized carbons (Fsp3) is 0.533. The van der Waals surface area contributed by atoms with E-state index in [1.165, 1.54) is 25.7 Å². The monoisotopic (exact) mass is 245 g/mol. The summed E-state index contributed by atoms with van der Waals surface area (Å²) in [6, 6.07) is 5.86. The predicted molar refractivity (Wildman–Crippen MR) is 69.6 cm³/mol. The molecule has 0 amide bonds. The van der Waals surface area contributed by atoms with Crippen LogP contribution in [0.5, 0.6) is 5.75 Å². The van der Waals surface area contributed by atoms with E-state index in [9.17, 15) is 9.90 Å². The van der Waals surface area contributed by atoms with Crippen molar-refractivity contribution in [1.29, 1.82) is 0 Å². The van der Waals surface area contributed by atoms with Crippen LogP contribution in [-0.4, -0.2) is 28.9 Å². The van der Waals surface area contributed by atoms with Crippen LogP contribution in [0.4, 0.5) is 0 Å². The van der Waals surface area contributed by atoms with E-state index in [-0.39, 0.29) is 6.04 Å². The standard InChI is InChI=1S/C15H19NO2/c17-10-15-14-6-5-13(18)9-11(14)7-8-16(15)12-3-1-2-4-12/h5-6,9-10,12,15,18H,1-4,7-8H2. The van der Waals surface area contributed by atoms with E-state index in [0.717, 1.165) is 30.4 Å². The van der Waals surface area contributed by atoms with Crippen LogP contribution in [0.3, 0.4) is 0 Å². The summed E-state index contributed by atoms with van der Waals surface area (Å²) in [6.45, 7) is 0.935. The molecule has 1 fully saturated rings. The van der Waals surface area contributed by atoms with Crippen molar-refractivity contribution >= 4 is 6.29 Å². The first-order chi connectivity index (χ1) is 8.79. The van der Waals surface area contributed by atoms with Crippen molar-refractivity contribution in [2.24, 2.45) is 0 Å². The van der Waals surface area contributed by atoms with E-state index >= 15 is 0 Å². The minimum Gasteiger partial charge on any atom is -0.508 e. The summed E-state index contributed by atoms with van der Waals surface area (Å²) in [4.78, 5) is 13.8. The molecule has 1 saturated carbocycles. The highest BCUT2D eigenvalue weighted by Gasteiger charge is 2.33. The molecule has 0 bridgehead atoms. The molecule has 1 heterocycles. The van der Waals surface area contributed by atoms with Gasteiger partial charge in [0.2, 0.25) is 0 Å². The molecule has 18 heavy (non-hydrogen) atoms. The smallest absolute Gasteiger partial charge is 0.141 e. The number of phenolic OH excluding ortho intramolecular Hbond substituents is 1. The topological polar surface area (TPSA) is 40.5 Å². The molecule has 1 aliphatic carbocycles. The summed E-state index contributed by atoms with van der Waals surface area (Å²) in [6.07, 6.45) is 7.01. The third-order valence-electron chi connectivity index (χ3n) is 4.36. The molecule has 0 spiro atoms. The number of carbonyl (C=O) groups is 1. The van der Waals surface area contributed by atoms with Crippen LogP contribution < -0.4 is 0 Å². The number of hydrogen-bond acceptors (Lipinski definition) is 3. The fourth-order valence-corrected chi connectivity index (χ4v) is 3.46. The molecule has 0 aromatic heterocycles. The summed E-state index contributed by atoms with van der Waals surface area (Å²) in [5.41, 5.74) is 2.21. The van der Waals surface area contributed by atoms with Gasteiger partial charge in [-0.3, -0.25) is 4.90 Å². The first-order valence-corrected chi connectivity index (χ1v) is 6.82. The first-order valence-electron chi connectivity index (χ1n) is 6.82. The minimum absolute atomic E-state index is 0.113. The van der Waals surface area contributed by atoms with Gasteiger partial charge in [-0.1, -0.05) is 18.9 Å². The molecule has 3 rings (SSSR count). The van der Waals surface area contributed by atoms with Gasteiger partial charge < -0.3 is 9.90 Å². The van der Waals surface area contributed by atoms with Crippen molar-refractivity contribution in [3.8, 4) is 5.75 Å². The van der Waals surface area contributed by atoms with Crippen molar-refractivity contribution in [3.63, 3.8) is 0 Å². The van der Waals surface area contributed by atoms with Crippen molar-refractivity contribution in [2.75, 3.05) is 6.54 Å². The summed E-state index contributed by atoms with van der Waals surface area (Å²) in [5.74, 6) is 0.299. The molecule has 1 aromatic rings. The van der Waals surface area contributed by atoms with E-state index in [2.05, 4.69) is 4.90 Å². The van der Waals surface area contributed by atoms with Crippen LogP contribution >= 0.6 is 0 Å². The lowest BCUT2D eigenvalue weighted by atomic mass is 9.91. The summed E-state index contributed by atoms with van der Waals surface area (Å²) in [7, 11) is 0. The van der Waals surface area contributed by atoms with Gasteiger partial charge in [0, 0.05) is 12.6 Å². The third-order valence-corrected chi connectivity index (χ3v) is 4.36. The molecule has 1 aliphatic heterocycles. The quantitative estimate of drug-likeness (QED) is 0.814. The average molecular weight is 245 g/mol. The largest absolute Gasteiger partial charge is 0.508 e. The van der Waals surface area contributed by atoms with Crippen LogP contribution in [-0.2, 0) is 11.2 Å². The second-order valence-corrected chi connectivity index (χ2v) is 5.39. The Morgan fingerprint density at radius 1 is 1.28 bits per heavy atom. The van der Waals surface area contributed by atoms with Crippen LogP contribution in [0, 0.1) is 0 Å². The highest BCUT2D eigenvalue weighted by Crippen LogP contribution is 2.35. The number of carbonyl (C=O) groups excluding carboxylic acids is 1. The maximum absolute atomic E-state index is 11.5. The number of hydrogen-bond donors (Lipinski definition) is 1. The molecule has 0 radical (unpaired) electrons. The van der Waals surface area contributed by atoms with Crippen molar-refractivity contribution < 1.29 is 9.90 Å². The SMILES string of the molecule is O=CC1c2ccc(O)cc2CCN1C1CCCC1. The second kappa shape index (κ2) is 4.73. The lowest BCUT2D eigenvalue weighted by molar-refractivity contribution is -0.113. The van der Waals surface area contributed by atoms with Crippen LogP contribution in [0.15, 0.2) is 18.2 Å². The fourth-order valence-electron chi connectivity index (χ4n) is 3.46. The maximum atomic E-state index is 11.5. The van der Waals surface area contributed by atoms with E-state index in [4.69, 9.17) is 0 Å². The summed E-state index contributed by atoms with van der Waals surface area (Å²) in [5, 5.41) is 9.52. The molecule has 1 unspecified atom stereocenters. The molecule has 3 nitrogen and oxygen atoms in total. The Morgan fingerprint density at radius 3 is 2.78 bits per heavy atom. The molecule has 96 valence electrons. The van der Waals surface area contributed by atoms with Gasteiger partial charge in [0.15, 0.2) is 0 Å². The molecular formula is C15H19NO2. The highest BCUT2D eigenvalue weighted by molar-refractivity contribution is 5.64. The Labute approximate surface area is 107 Å². The Hall–Kier alpha value is -1.35. The van der Waals surface area contributed by atoms with Gasteiger partial charge in [-0.05, 0) is 42.5 Å². The maximum Gasteiger partial charge on any atom is 0.141 e. The minimum atomic E-state index is -0.113. The highest BCUT2D eigenvalue weighted by atomic mass is 16.3. The van der Waals surface area contributed by atoms with Crippen LogP contribution in [0.25, 0.3) is 0 Å². The Bertz CT molecular complexity index is 452. The lowest BCUT2D eigenvalue weighted by Gasteiger charge is -2.38. The Kier molecular flexibility index (Phi) is 3.08. The van der Waals surface area contributed by atoms with Gasteiger partial charge in [-0.2, -0.15) is 0 Å². The average Bonchev–Trinajstić information content (AvgIpc) is 2.90. The molecule has 1 aromatic carbocycles. The first kappa shape index (κ1) is 11.7. The van der Waals surface area contributed by atoms with Crippen molar-refractivity contribution in [1.82, 2.24) is 4.90 Å². The zero-order chi connectivity index (χ0) is 12.5. The van der Waals surface area contributed by atoms with Crippen molar-refractivity contribution in [3.05, 3.63) is 29.3 Å². The van der Waals surface area contributed by atoms with Gasteiger partial charge in [-0.15, -0.1) is 0 Å². The second-order valence-electron chi connectivity index (χ2n) is 5.39. The number of nitrogens with zero attached hydrogens (tertiary/aromatic N) is 1. The van der Waals surface area contributed by atoms with E-state index in [1.807, 2.05) is 6.07 Å². The summed E-state index contributed by atoms with van der Waals surface area (Å²) >= 11 is 0. The molecule has 2 aliphatic rings. The number of aromatic hydroxyl groups is 1. The molecule has 1 atom stereocenters. The zero-order valence-electron chi connectivity index (χ0n) is 10.5. The molecule has 0 saturated heterocycles. The molecule has 3 heteroatoms. The van der Waals surface area contributed by atoms with Gasteiger partial charge in [0.25, 0.3) is 0 Å². The van der Waals surface area contributed by atoms with E-state index < -0.39 is 0 Å². The van der Waals surface area contributed by atoms with Crippen LogP contribution in [0.2, 0.25) is 0 Å². The number of fused-ring (bicyclic) bond motifs is 1. The Morgan fingerprint density at radius 2 is 2.06 bits per heavy atom. The van der Waals surface area contributed by atoms with E-state index in [1.54, 1.807) is 12.1 Å². The summed E-state index contributed by atoms with van der Waals surface area (Å²) < 4.78 is 0. The molecular weight excluding hydrogens is 226 g/mol. The number of phenols is 1. The third kappa shape index (κ3) is 1.93. The van der Waals surface area contributed by atoms with Gasteiger partial charge in [0.1, 0.15) is 12.0 Å². The normalized spacial score (nSPS) is 25.0.